The molecule has 1 N–H and O–H groups in total. The molecule has 2 aromatic rings. The van der Waals surface area contributed by atoms with Gasteiger partial charge in [0, 0.05) is 5.56 Å². The highest BCUT2D eigenvalue weighted by Gasteiger charge is 2.20. The van der Waals surface area contributed by atoms with Gasteiger partial charge in [-0.25, -0.2) is 9.78 Å². The second-order valence-corrected chi connectivity index (χ2v) is 5.42. The molecule has 1 aromatic heterocycles. The summed E-state index contributed by atoms with van der Waals surface area (Å²) in [6.07, 6.45) is 0. The molecule has 2 rings (SSSR count). The van der Waals surface area contributed by atoms with Gasteiger partial charge in [0.05, 0.1) is 12.8 Å². The van der Waals surface area contributed by atoms with Crippen LogP contribution in [0.25, 0.3) is 10.6 Å². The predicted octanol–water partition coefficient (Wildman–Crippen LogP) is 3.64. The van der Waals surface area contributed by atoms with E-state index in [1.807, 2.05) is 38.1 Å². The van der Waals surface area contributed by atoms with Crippen LogP contribution in [0.4, 0.5) is 0 Å². The molecule has 0 fully saturated rings. The molecule has 100 valence electrons. The van der Waals surface area contributed by atoms with Gasteiger partial charge in [-0.1, -0.05) is 13.8 Å². The lowest BCUT2D eigenvalue weighted by atomic mass is 10.1. The SMILES string of the molecule is COc1ccc(-c2nc(C(C)C)c(C(=O)O)s2)cc1. The van der Waals surface area contributed by atoms with E-state index in [1.54, 1.807) is 7.11 Å². The van der Waals surface area contributed by atoms with E-state index in [4.69, 9.17) is 4.74 Å². The van der Waals surface area contributed by atoms with Crippen molar-refractivity contribution in [3.8, 4) is 16.3 Å². The number of aromatic nitrogens is 1. The van der Waals surface area contributed by atoms with E-state index in [-0.39, 0.29) is 5.92 Å². The minimum atomic E-state index is -0.916. The number of methoxy groups -OCH3 is 1. The Morgan fingerprint density at radius 3 is 2.37 bits per heavy atom. The van der Waals surface area contributed by atoms with Crippen LogP contribution in [-0.4, -0.2) is 23.2 Å². The molecule has 0 aliphatic rings. The van der Waals surface area contributed by atoms with Crippen molar-refractivity contribution in [3.63, 3.8) is 0 Å². The molecule has 0 saturated carbocycles. The Morgan fingerprint density at radius 2 is 1.95 bits per heavy atom. The zero-order valence-corrected chi connectivity index (χ0v) is 11.8. The fourth-order valence-electron chi connectivity index (χ4n) is 1.73. The maximum atomic E-state index is 11.2. The molecule has 0 saturated heterocycles. The number of thiazole rings is 1. The van der Waals surface area contributed by atoms with Crippen LogP contribution in [0.2, 0.25) is 0 Å². The smallest absolute Gasteiger partial charge is 0.347 e. The van der Waals surface area contributed by atoms with Crippen molar-refractivity contribution in [2.75, 3.05) is 7.11 Å². The third-order valence-electron chi connectivity index (χ3n) is 2.73. The van der Waals surface area contributed by atoms with Gasteiger partial charge in [-0.3, -0.25) is 0 Å². The quantitative estimate of drug-likeness (QED) is 0.926. The highest BCUT2D eigenvalue weighted by molar-refractivity contribution is 7.17. The Kier molecular flexibility index (Phi) is 3.85. The third kappa shape index (κ3) is 2.76. The minimum absolute atomic E-state index is 0.0920. The summed E-state index contributed by atoms with van der Waals surface area (Å²) in [6.45, 7) is 3.89. The molecule has 5 heteroatoms. The first-order chi connectivity index (χ1) is 9.02. The zero-order chi connectivity index (χ0) is 14.0. The van der Waals surface area contributed by atoms with Gasteiger partial charge in [0.25, 0.3) is 0 Å². The molecule has 0 bridgehead atoms. The number of carboxylic acid groups (broad SMARTS) is 1. The number of aromatic carboxylic acids is 1. The van der Waals surface area contributed by atoms with E-state index in [9.17, 15) is 9.90 Å². The van der Waals surface area contributed by atoms with Gasteiger partial charge >= 0.3 is 5.97 Å². The second kappa shape index (κ2) is 5.40. The maximum absolute atomic E-state index is 11.2. The largest absolute Gasteiger partial charge is 0.497 e. The molecule has 19 heavy (non-hydrogen) atoms. The number of carboxylic acids is 1. The molecule has 1 heterocycles. The fraction of sp³-hybridized carbons (Fsp3) is 0.286. The molecule has 0 radical (unpaired) electrons. The molecular weight excluding hydrogens is 262 g/mol. The van der Waals surface area contributed by atoms with Crippen LogP contribution in [0.3, 0.4) is 0 Å². The molecular formula is C14H15NO3S. The highest BCUT2D eigenvalue weighted by Crippen LogP contribution is 2.32. The van der Waals surface area contributed by atoms with Crippen LogP contribution in [-0.2, 0) is 0 Å². The maximum Gasteiger partial charge on any atom is 0.347 e. The lowest BCUT2D eigenvalue weighted by molar-refractivity contribution is 0.0700. The number of nitrogens with zero attached hydrogens (tertiary/aromatic N) is 1. The number of hydrogen-bond donors (Lipinski definition) is 1. The molecule has 0 aliphatic heterocycles. The van der Waals surface area contributed by atoms with Crippen molar-refractivity contribution in [1.82, 2.24) is 4.98 Å². The second-order valence-electron chi connectivity index (χ2n) is 4.42. The van der Waals surface area contributed by atoms with E-state index in [1.165, 1.54) is 11.3 Å². The third-order valence-corrected chi connectivity index (χ3v) is 3.84. The Labute approximate surface area is 115 Å². The summed E-state index contributed by atoms with van der Waals surface area (Å²) < 4.78 is 5.10. The van der Waals surface area contributed by atoms with E-state index in [0.29, 0.717) is 10.6 Å². The van der Waals surface area contributed by atoms with Gasteiger partial charge in [0.15, 0.2) is 0 Å². The Bertz CT molecular complexity index is 587. The van der Waals surface area contributed by atoms with Crippen LogP contribution in [0.1, 0.15) is 35.1 Å². The first-order valence-electron chi connectivity index (χ1n) is 5.91. The molecule has 4 nitrogen and oxygen atoms in total. The first-order valence-corrected chi connectivity index (χ1v) is 6.73. The van der Waals surface area contributed by atoms with E-state index >= 15 is 0 Å². The summed E-state index contributed by atoms with van der Waals surface area (Å²) in [5.41, 5.74) is 1.54. The molecule has 1 aromatic carbocycles. The Balaban J connectivity index is 2.44. The number of carbonyl (C=O) groups is 1. The summed E-state index contributed by atoms with van der Waals surface area (Å²) in [5.74, 6) is -0.0573. The topological polar surface area (TPSA) is 59.4 Å². The first kappa shape index (κ1) is 13.5. The number of hydrogen-bond acceptors (Lipinski definition) is 4. The van der Waals surface area contributed by atoms with E-state index in [2.05, 4.69) is 4.98 Å². The summed E-state index contributed by atoms with van der Waals surface area (Å²) in [4.78, 5) is 16.0. The Hall–Kier alpha value is -1.88. The van der Waals surface area contributed by atoms with Gasteiger partial charge in [-0.15, -0.1) is 11.3 Å². The molecule has 0 amide bonds. The van der Waals surface area contributed by atoms with Crippen molar-refractivity contribution < 1.29 is 14.6 Å². The minimum Gasteiger partial charge on any atom is -0.497 e. The summed E-state index contributed by atoms with van der Waals surface area (Å²) in [5, 5.41) is 9.93. The standard InChI is InChI=1S/C14H15NO3S/c1-8(2)11-12(14(16)17)19-13(15-11)9-4-6-10(18-3)7-5-9/h4-8H,1-3H3,(H,16,17). The summed E-state index contributed by atoms with van der Waals surface area (Å²) >= 11 is 1.21. The average Bonchev–Trinajstić information content (AvgIpc) is 2.84. The van der Waals surface area contributed by atoms with Gasteiger partial charge < -0.3 is 9.84 Å². The zero-order valence-electron chi connectivity index (χ0n) is 11.0. The number of benzene rings is 1. The van der Waals surface area contributed by atoms with Crippen LogP contribution in [0, 0.1) is 0 Å². The van der Waals surface area contributed by atoms with Gasteiger partial charge in [0.2, 0.25) is 0 Å². The van der Waals surface area contributed by atoms with Gasteiger partial charge in [0.1, 0.15) is 15.6 Å². The van der Waals surface area contributed by atoms with Crippen LogP contribution in [0.15, 0.2) is 24.3 Å². The van der Waals surface area contributed by atoms with Crippen molar-refractivity contribution >= 4 is 17.3 Å². The van der Waals surface area contributed by atoms with Crippen LogP contribution in [0.5, 0.6) is 5.75 Å². The highest BCUT2D eigenvalue weighted by atomic mass is 32.1. The molecule has 0 spiro atoms. The van der Waals surface area contributed by atoms with Crippen molar-refractivity contribution in [2.24, 2.45) is 0 Å². The van der Waals surface area contributed by atoms with Crippen molar-refractivity contribution in [1.29, 1.82) is 0 Å². The number of rotatable bonds is 4. The predicted molar refractivity (Wildman–Crippen MR) is 75.2 cm³/mol. The molecule has 0 unspecified atom stereocenters. The van der Waals surface area contributed by atoms with Gasteiger partial charge in [-0.2, -0.15) is 0 Å². The fourth-order valence-corrected chi connectivity index (χ4v) is 2.80. The van der Waals surface area contributed by atoms with E-state index in [0.717, 1.165) is 16.3 Å². The number of ether oxygens (including phenoxy) is 1. The average molecular weight is 277 g/mol. The van der Waals surface area contributed by atoms with E-state index < -0.39 is 5.97 Å². The Morgan fingerprint density at radius 1 is 1.32 bits per heavy atom. The lowest BCUT2D eigenvalue weighted by Gasteiger charge is -2.01. The van der Waals surface area contributed by atoms with Gasteiger partial charge in [-0.05, 0) is 30.2 Å². The monoisotopic (exact) mass is 277 g/mol. The molecule has 0 atom stereocenters. The normalized spacial score (nSPS) is 10.7. The van der Waals surface area contributed by atoms with Crippen molar-refractivity contribution in [3.05, 3.63) is 34.8 Å². The lowest BCUT2D eigenvalue weighted by Crippen LogP contribution is -2.00. The summed E-state index contributed by atoms with van der Waals surface area (Å²) in [6, 6.07) is 7.44. The van der Waals surface area contributed by atoms with Crippen molar-refractivity contribution in [2.45, 2.75) is 19.8 Å². The van der Waals surface area contributed by atoms with Crippen LogP contribution < -0.4 is 4.74 Å². The molecule has 0 aliphatic carbocycles. The van der Waals surface area contributed by atoms with Crippen LogP contribution >= 0.6 is 11.3 Å². The summed E-state index contributed by atoms with van der Waals surface area (Å²) in [7, 11) is 1.61.